The minimum atomic E-state index is -4.31. The first-order chi connectivity index (χ1) is 2.56. The second-order valence-electron chi connectivity index (χ2n) is 0.816. The van der Waals surface area contributed by atoms with Gasteiger partial charge in [0.15, 0.2) is 0 Å². The summed E-state index contributed by atoms with van der Waals surface area (Å²) < 4.78 is 33.1. The third-order valence-corrected chi connectivity index (χ3v) is 0.370. The summed E-state index contributed by atoms with van der Waals surface area (Å²) in [6, 6.07) is 0. The Kier molecular flexibility index (Phi) is 1.68. The third-order valence-electron chi connectivity index (χ3n) is 0.123. The highest BCUT2D eigenvalue weighted by molar-refractivity contribution is 7.52. The van der Waals surface area contributed by atoms with Crippen molar-refractivity contribution >= 4 is 7.68 Å². The first-order valence-corrected chi connectivity index (χ1v) is 3.10. The van der Waals surface area contributed by atoms with Crippen LogP contribution in [0.4, 0.5) is 8.72 Å². The van der Waals surface area contributed by atoms with Crippen molar-refractivity contribution in [3.63, 3.8) is 0 Å². The van der Waals surface area contributed by atoms with Gasteiger partial charge in [0.1, 0.15) is 0 Å². The number of halogens is 2. The van der Waals surface area contributed by atoms with Gasteiger partial charge in [-0.25, -0.2) is 0 Å². The lowest BCUT2D eigenvalue weighted by molar-refractivity contribution is -0.0103. The van der Waals surface area contributed by atoms with Crippen LogP contribution in [0.15, 0.2) is 0 Å². The normalized spacial score (nSPS) is 19.8. The average molecular weight is 116 g/mol. The SMILES string of the molecule is CP(=O)(F)OF. The van der Waals surface area contributed by atoms with Gasteiger partial charge in [-0.1, -0.05) is 0 Å². The van der Waals surface area contributed by atoms with Crippen molar-refractivity contribution in [3.05, 3.63) is 0 Å². The Morgan fingerprint density at radius 2 is 2.00 bits per heavy atom. The van der Waals surface area contributed by atoms with Crippen LogP contribution in [0.25, 0.3) is 0 Å². The van der Waals surface area contributed by atoms with Crippen LogP contribution in [0, 0.1) is 0 Å². The molecule has 0 radical (unpaired) electrons. The van der Waals surface area contributed by atoms with Crippen molar-refractivity contribution in [1.29, 1.82) is 0 Å². The Morgan fingerprint density at radius 1 is 1.83 bits per heavy atom. The maximum atomic E-state index is 11.1. The molecule has 0 aromatic heterocycles. The van der Waals surface area contributed by atoms with Crippen molar-refractivity contribution in [2.75, 3.05) is 6.66 Å². The van der Waals surface area contributed by atoms with E-state index < -0.39 is 7.68 Å². The molecule has 0 bridgehead atoms. The predicted molar refractivity (Wildman–Crippen MR) is 16.8 cm³/mol. The van der Waals surface area contributed by atoms with E-state index >= 15 is 0 Å². The molecule has 0 aromatic rings. The van der Waals surface area contributed by atoms with Gasteiger partial charge in [0.25, 0.3) is 0 Å². The van der Waals surface area contributed by atoms with Gasteiger partial charge in [0.05, 0.1) is 0 Å². The summed E-state index contributed by atoms with van der Waals surface area (Å²) in [4.78, 5) is 0. The molecule has 0 heterocycles. The quantitative estimate of drug-likeness (QED) is 0.487. The summed E-state index contributed by atoms with van der Waals surface area (Å²) in [6.45, 7) is 0.535. The van der Waals surface area contributed by atoms with E-state index in [1.807, 2.05) is 0 Å². The van der Waals surface area contributed by atoms with Crippen molar-refractivity contribution < 1.29 is 18.0 Å². The van der Waals surface area contributed by atoms with E-state index in [2.05, 4.69) is 4.73 Å². The molecule has 0 spiro atoms. The Morgan fingerprint density at radius 3 is 2.00 bits per heavy atom. The van der Waals surface area contributed by atoms with Gasteiger partial charge in [-0.05, 0) is 4.53 Å². The highest BCUT2D eigenvalue weighted by Gasteiger charge is 2.11. The first-order valence-electron chi connectivity index (χ1n) is 1.14. The second kappa shape index (κ2) is 1.67. The van der Waals surface area contributed by atoms with Crippen molar-refractivity contribution in [3.8, 4) is 0 Å². The molecule has 0 rings (SSSR count). The summed E-state index contributed by atoms with van der Waals surface area (Å²) in [6.07, 6.45) is 0. The zero-order valence-electron chi connectivity index (χ0n) is 3.02. The Labute approximate surface area is 33.6 Å². The van der Waals surface area contributed by atoms with Crippen molar-refractivity contribution in [1.82, 2.24) is 0 Å². The molecule has 0 aliphatic rings. The summed E-state index contributed by atoms with van der Waals surface area (Å²) in [5, 5.41) is 0. The molecular weight excluding hydrogens is 113 g/mol. The predicted octanol–water partition coefficient (Wildman–Crippen LogP) is 1.68. The van der Waals surface area contributed by atoms with E-state index in [0.29, 0.717) is 6.66 Å². The van der Waals surface area contributed by atoms with E-state index in [9.17, 15) is 13.3 Å². The lowest BCUT2D eigenvalue weighted by atomic mass is 12.0. The second-order valence-corrected chi connectivity index (χ2v) is 2.45. The van der Waals surface area contributed by atoms with E-state index in [-0.39, 0.29) is 0 Å². The Hall–Kier alpha value is 0.0500. The van der Waals surface area contributed by atoms with E-state index in [4.69, 9.17) is 0 Å². The van der Waals surface area contributed by atoms with Crippen LogP contribution in [0.5, 0.6) is 0 Å². The summed E-state index contributed by atoms with van der Waals surface area (Å²) in [7, 11) is -4.31. The molecule has 1 unspecified atom stereocenters. The van der Waals surface area contributed by atoms with Crippen LogP contribution in [-0.4, -0.2) is 6.66 Å². The fourth-order valence-electron chi connectivity index (χ4n) is 0. The molecule has 0 N–H and O–H groups in total. The van der Waals surface area contributed by atoms with Gasteiger partial charge in [-0.3, -0.25) is 4.57 Å². The summed E-state index contributed by atoms with van der Waals surface area (Å²) in [5.74, 6) is 0. The lowest BCUT2D eigenvalue weighted by Crippen LogP contribution is -1.62. The molecule has 0 aromatic carbocycles. The summed E-state index contributed by atoms with van der Waals surface area (Å²) >= 11 is 0. The molecule has 0 saturated heterocycles. The third kappa shape index (κ3) is 4.05. The molecular formula is CH3F2O2P. The molecule has 2 nitrogen and oxygen atoms in total. The Bertz CT molecular complexity index is 75.6. The van der Waals surface area contributed by atoms with Gasteiger partial charge >= 0.3 is 7.68 Å². The number of hydrogen-bond donors (Lipinski definition) is 0. The molecule has 6 heavy (non-hydrogen) atoms. The van der Waals surface area contributed by atoms with Crippen LogP contribution in [-0.2, 0) is 9.29 Å². The van der Waals surface area contributed by atoms with Crippen LogP contribution in [0.2, 0.25) is 0 Å². The van der Waals surface area contributed by atoms with Gasteiger partial charge < -0.3 is 0 Å². The summed E-state index contributed by atoms with van der Waals surface area (Å²) in [5.41, 5.74) is 0. The highest BCUT2D eigenvalue weighted by atomic mass is 31.2. The van der Waals surface area contributed by atoms with Crippen molar-refractivity contribution in [2.24, 2.45) is 0 Å². The smallest absolute Gasteiger partial charge is 0.253 e. The minimum Gasteiger partial charge on any atom is -0.253 e. The molecule has 5 heteroatoms. The largest absolute Gasteiger partial charge is 0.395 e. The number of rotatable bonds is 1. The van der Waals surface area contributed by atoms with Crippen LogP contribution in [0.3, 0.4) is 0 Å². The van der Waals surface area contributed by atoms with Crippen molar-refractivity contribution in [2.45, 2.75) is 0 Å². The maximum Gasteiger partial charge on any atom is 0.395 e. The van der Waals surface area contributed by atoms with Gasteiger partial charge in [0, 0.05) is 6.66 Å². The zero-order valence-corrected chi connectivity index (χ0v) is 3.91. The molecule has 0 aliphatic carbocycles. The monoisotopic (exact) mass is 116 g/mol. The molecule has 0 amide bonds. The molecule has 38 valence electrons. The highest BCUT2D eigenvalue weighted by Crippen LogP contribution is 2.43. The zero-order chi connectivity index (χ0) is 5.21. The lowest BCUT2D eigenvalue weighted by Gasteiger charge is -1.86. The molecule has 1 atom stereocenters. The van der Waals surface area contributed by atoms with Gasteiger partial charge in [0.2, 0.25) is 0 Å². The Balaban J connectivity index is 3.48. The van der Waals surface area contributed by atoms with E-state index in [0.717, 1.165) is 0 Å². The van der Waals surface area contributed by atoms with Crippen LogP contribution >= 0.6 is 7.68 Å². The molecule has 0 saturated carbocycles. The molecule has 0 fully saturated rings. The van der Waals surface area contributed by atoms with E-state index in [1.54, 1.807) is 0 Å². The molecule has 0 aliphatic heterocycles. The standard InChI is InChI=1S/CH3F2O2P/c1-6(3,4)5-2/h1H3. The van der Waals surface area contributed by atoms with Gasteiger partial charge in [-0.2, -0.15) is 4.20 Å². The van der Waals surface area contributed by atoms with Crippen LogP contribution < -0.4 is 0 Å². The fraction of sp³-hybridized carbons (Fsp3) is 1.00. The van der Waals surface area contributed by atoms with E-state index in [1.165, 1.54) is 0 Å². The number of hydrogen-bond acceptors (Lipinski definition) is 2. The van der Waals surface area contributed by atoms with Gasteiger partial charge in [-0.15, -0.1) is 4.73 Å². The average Bonchev–Trinajstić information content (AvgIpc) is 1.35. The maximum absolute atomic E-state index is 11.1. The first kappa shape index (κ1) is 6.05. The topological polar surface area (TPSA) is 26.3 Å². The minimum absolute atomic E-state index is 0.535. The fourth-order valence-corrected chi connectivity index (χ4v) is 0. The van der Waals surface area contributed by atoms with Crippen LogP contribution in [0.1, 0.15) is 0 Å².